The summed E-state index contributed by atoms with van der Waals surface area (Å²) in [5, 5.41) is 0. The van der Waals surface area contributed by atoms with E-state index < -0.39 is 0 Å². The zero-order chi connectivity index (χ0) is 11.7. The third kappa shape index (κ3) is 7.94. The van der Waals surface area contributed by atoms with Crippen molar-refractivity contribution in [2.45, 2.75) is 20.8 Å². The van der Waals surface area contributed by atoms with E-state index in [1.54, 1.807) is 6.08 Å². The van der Waals surface area contributed by atoms with Crippen LogP contribution in [0.4, 0.5) is 0 Å². The van der Waals surface area contributed by atoms with Crippen molar-refractivity contribution in [1.29, 1.82) is 0 Å². The van der Waals surface area contributed by atoms with E-state index in [1.165, 1.54) is 5.57 Å². The van der Waals surface area contributed by atoms with Crippen molar-refractivity contribution in [3.8, 4) is 0 Å². The Bertz CT molecular complexity index is 230. The zero-order valence-corrected chi connectivity index (χ0v) is 9.95. The van der Waals surface area contributed by atoms with Gasteiger partial charge in [-0.05, 0) is 20.8 Å². The maximum absolute atomic E-state index is 11.3. The molecule has 0 atom stereocenters. The first kappa shape index (κ1) is 13.9. The Balaban J connectivity index is 4.08. The Hall–Kier alpha value is -1.09. The molecule has 0 heterocycles. The van der Waals surface area contributed by atoms with Gasteiger partial charge in [-0.3, -0.25) is 9.69 Å². The Kier molecular flexibility index (Phi) is 7.64. The van der Waals surface area contributed by atoms with Crippen LogP contribution in [0.2, 0.25) is 0 Å². The van der Waals surface area contributed by atoms with Crippen molar-refractivity contribution in [3.63, 3.8) is 0 Å². The summed E-state index contributed by atoms with van der Waals surface area (Å²) in [6.07, 6.45) is 3.88. The normalized spacial score (nSPS) is 9.87. The summed E-state index contributed by atoms with van der Waals surface area (Å²) in [6.45, 7) is 11.8. The number of rotatable bonds is 7. The molecule has 15 heavy (non-hydrogen) atoms. The van der Waals surface area contributed by atoms with E-state index in [0.717, 1.165) is 6.54 Å². The molecule has 86 valence electrons. The Morgan fingerprint density at radius 2 is 2.07 bits per heavy atom. The average molecular weight is 211 g/mol. The Labute approximate surface area is 92.4 Å². The summed E-state index contributed by atoms with van der Waals surface area (Å²) in [7, 11) is 0. The second kappa shape index (κ2) is 8.24. The molecule has 0 bridgehead atoms. The fourth-order valence-electron chi connectivity index (χ4n) is 1.09. The topological polar surface area (TPSA) is 29.5 Å². The highest BCUT2D eigenvalue weighted by Crippen LogP contribution is 1.95. The van der Waals surface area contributed by atoms with Crippen LogP contribution in [0.5, 0.6) is 0 Å². The van der Waals surface area contributed by atoms with Gasteiger partial charge in [-0.1, -0.05) is 17.7 Å². The fourth-order valence-corrected chi connectivity index (χ4v) is 1.09. The summed E-state index contributed by atoms with van der Waals surface area (Å²) in [6, 6.07) is 0. The van der Waals surface area contributed by atoms with Gasteiger partial charge in [0.1, 0.15) is 0 Å². The number of carbonyl (C=O) groups is 1. The summed E-state index contributed by atoms with van der Waals surface area (Å²) in [5.74, 6) is -0.179. The van der Waals surface area contributed by atoms with Crippen LogP contribution in [0, 0.1) is 0 Å². The highest BCUT2D eigenvalue weighted by Gasteiger charge is 2.08. The van der Waals surface area contributed by atoms with Gasteiger partial charge in [0.05, 0.1) is 13.2 Å². The van der Waals surface area contributed by atoms with Gasteiger partial charge in [0.25, 0.3) is 0 Å². The lowest BCUT2D eigenvalue weighted by molar-refractivity contribution is -0.144. The predicted molar refractivity (Wildman–Crippen MR) is 62.7 cm³/mol. The highest BCUT2D eigenvalue weighted by atomic mass is 16.5. The quantitative estimate of drug-likeness (QED) is 0.476. The van der Waals surface area contributed by atoms with Gasteiger partial charge in [0.15, 0.2) is 0 Å². The lowest BCUT2D eigenvalue weighted by Crippen LogP contribution is -2.31. The molecule has 0 aliphatic carbocycles. The van der Waals surface area contributed by atoms with Gasteiger partial charge in [0, 0.05) is 13.1 Å². The smallest absolute Gasteiger partial charge is 0.320 e. The molecule has 0 aromatic heterocycles. The van der Waals surface area contributed by atoms with E-state index in [2.05, 4.69) is 12.7 Å². The summed E-state index contributed by atoms with van der Waals surface area (Å²) in [5.41, 5.74) is 1.24. The number of allylic oxidation sites excluding steroid dienone is 1. The van der Waals surface area contributed by atoms with Gasteiger partial charge < -0.3 is 4.74 Å². The number of nitrogens with zero attached hydrogens (tertiary/aromatic N) is 1. The van der Waals surface area contributed by atoms with Crippen LogP contribution in [0.3, 0.4) is 0 Å². The van der Waals surface area contributed by atoms with Crippen molar-refractivity contribution in [1.82, 2.24) is 4.90 Å². The second-order valence-corrected chi connectivity index (χ2v) is 3.57. The number of ether oxygens (including phenoxy) is 1. The highest BCUT2D eigenvalue weighted by molar-refractivity contribution is 5.71. The van der Waals surface area contributed by atoms with E-state index in [4.69, 9.17) is 4.74 Å². The second-order valence-electron chi connectivity index (χ2n) is 3.57. The number of esters is 1. The molecule has 0 fully saturated rings. The minimum atomic E-state index is -0.179. The molecule has 0 spiro atoms. The molecule has 0 saturated carbocycles. The Morgan fingerprint density at radius 3 is 2.53 bits per heavy atom. The third-order valence-electron chi connectivity index (χ3n) is 1.80. The van der Waals surface area contributed by atoms with Crippen molar-refractivity contribution >= 4 is 5.97 Å². The molecule has 0 N–H and O–H groups in total. The number of hydrogen-bond acceptors (Lipinski definition) is 3. The van der Waals surface area contributed by atoms with Gasteiger partial charge in [0.2, 0.25) is 0 Å². The zero-order valence-electron chi connectivity index (χ0n) is 9.95. The lowest BCUT2D eigenvalue weighted by Gasteiger charge is -2.17. The fraction of sp³-hybridized carbons (Fsp3) is 0.583. The predicted octanol–water partition coefficient (Wildman–Crippen LogP) is 2.00. The molecule has 0 saturated heterocycles. The first-order valence-electron chi connectivity index (χ1n) is 5.22. The molecule has 3 heteroatoms. The van der Waals surface area contributed by atoms with Gasteiger partial charge >= 0.3 is 5.97 Å². The van der Waals surface area contributed by atoms with E-state index in [0.29, 0.717) is 19.7 Å². The molecular weight excluding hydrogens is 190 g/mol. The number of hydrogen-bond donors (Lipinski definition) is 0. The maximum atomic E-state index is 11.3. The molecule has 0 aliphatic heterocycles. The van der Waals surface area contributed by atoms with Crippen LogP contribution in [-0.4, -0.2) is 37.1 Å². The summed E-state index contributed by atoms with van der Waals surface area (Å²) < 4.78 is 4.89. The van der Waals surface area contributed by atoms with E-state index >= 15 is 0 Å². The van der Waals surface area contributed by atoms with Gasteiger partial charge in [-0.15, -0.1) is 6.58 Å². The first-order valence-corrected chi connectivity index (χ1v) is 5.22. The van der Waals surface area contributed by atoms with Crippen molar-refractivity contribution in [2.75, 3.05) is 26.2 Å². The molecular formula is C12H21NO2. The van der Waals surface area contributed by atoms with Crippen molar-refractivity contribution in [2.24, 2.45) is 0 Å². The van der Waals surface area contributed by atoms with Crippen molar-refractivity contribution < 1.29 is 9.53 Å². The van der Waals surface area contributed by atoms with Gasteiger partial charge in [-0.2, -0.15) is 0 Å². The van der Waals surface area contributed by atoms with E-state index in [1.807, 2.05) is 25.7 Å². The molecule has 0 rings (SSSR count). The van der Waals surface area contributed by atoms with Crippen LogP contribution in [0.15, 0.2) is 24.3 Å². The van der Waals surface area contributed by atoms with Crippen molar-refractivity contribution in [3.05, 3.63) is 24.3 Å². The first-order chi connectivity index (χ1) is 7.10. The average Bonchev–Trinajstić information content (AvgIpc) is 2.15. The largest absolute Gasteiger partial charge is 0.465 e. The minimum Gasteiger partial charge on any atom is -0.465 e. The lowest BCUT2D eigenvalue weighted by atomic mass is 10.3. The standard InChI is InChI=1S/C12H21NO2/c1-5-8-13(9-7-11(3)4)10-12(14)15-6-2/h5,7H,1,6,8-10H2,2-4H3. The maximum Gasteiger partial charge on any atom is 0.320 e. The molecule has 0 amide bonds. The third-order valence-corrected chi connectivity index (χ3v) is 1.80. The molecule has 0 aromatic carbocycles. The Morgan fingerprint density at radius 1 is 1.40 bits per heavy atom. The summed E-state index contributed by atoms with van der Waals surface area (Å²) >= 11 is 0. The molecule has 0 aliphatic rings. The van der Waals surface area contributed by atoms with Crippen LogP contribution < -0.4 is 0 Å². The SMILES string of the molecule is C=CCN(CC=C(C)C)CC(=O)OCC. The van der Waals surface area contributed by atoms with E-state index in [-0.39, 0.29) is 5.97 Å². The summed E-state index contributed by atoms with van der Waals surface area (Å²) in [4.78, 5) is 13.2. The molecule has 0 aromatic rings. The minimum absolute atomic E-state index is 0.179. The van der Waals surface area contributed by atoms with Crippen LogP contribution >= 0.6 is 0 Å². The van der Waals surface area contributed by atoms with Crippen LogP contribution in [-0.2, 0) is 9.53 Å². The molecule has 3 nitrogen and oxygen atoms in total. The number of carbonyl (C=O) groups excluding carboxylic acids is 1. The van der Waals surface area contributed by atoms with Crippen LogP contribution in [0.1, 0.15) is 20.8 Å². The van der Waals surface area contributed by atoms with E-state index in [9.17, 15) is 4.79 Å². The monoisotopic (exact) mass is 211 g/mol. The molecule has 0 unspecified atom stereocenters. The van der Waals surface area contributed by atoms with Gasteiger partial charge in [-0.25, -0.2) is 0 Å². The van der Waals surface area contributed by atoms with Crippen LogP contribution in [0.25, 0.3) is 0 Å². The molecule has 0 radical (unpaired) electrons.